The van der Waals surface area contributed by atoms with Crippen LogP contribution in [-0.2, 0) is 25.7 Å². The van der Waals surface area contributed by atoms with Gasteiger partial charge in [-0.2, -0.15) is 0 Å². The van der Waals surface area contributed by atoms with Gasteiger partial charge in [-0.15, -0.1) is 0 Å². The first-order valence-corrected chi connectivity index (χ1v) is 14.3. The quantitative estimate of drug-likeness (QED) is 0.227. The summed E-state index contributed by atoms with van der Waals surface area (Å²) in [5.41, 5.74) is -0.830. The largest absolute Gasteiger partial charge is 0.350 e. The number of carbonyl (C=O) groups excluding carboxylic acids is 5. The maximum absolute atomic E-state index is 13.4. The topological polar surface area (TPSA) is 181 Å². The Bertz CT molecular complexity index is 1630. The molecule has 43 heavy (non-hydrogen) atoms. The van der Waals surface area contributed by atoms with Crippen LogP contribution in [0.5, 0.6) is 0 Å². The van der Waals surface area contributed by atoms with Gasteiger partial charge in [-0.3, -0.25) is 38.7 Å². The highest BCUT2D eigenvalue weighted by Gasteiger charge is 2.50. The molecular formula is C30H33N7O6. The Morgan fingerprint density at radius 2 is 1.93 bits per heavy atom. The zero-order valence-corrected chi connectivity index (χ0v) is 23.7. The van der Waals surface area contributed by atoms with Gasteiger partial charge in [0.2, 0.25) is 17.6 Å². The van der Waals surface area contributed by atoms with Crippen molar-refractivity contribution in [1.82, 2.24) is 30.5 Å². The van der Waals surface area contributed by atoms with Gasteiger partial charge in [0, 0.05) is 54.1 Å². The molecule has 1 unspecified atom stereocenters. The van der Waals surface area contributed by atoms with Crippen LogP contribution in [0.2, 0.25) is 0 Å². The standard InChI is InChI=1S/C30H33N7O6/c1-2-32-27(41)23(38)6-5-21(34-28(42)25-20-9-11-31-16-19(20)8-12-33-25)26(40)35-22-4-3-13-37(29(22)43)17-24(39)36-30-10-7-18(14-30)15-30/h3-4,8-9,11-13,16,18,21H,2,5-7,10,14-15,17H2,1H3,(H,32,41)(H,34,42)(H,35,40)(H,36,39). The van der Waals surface area contributed by atoms with Crippen molar-refractivity contribution in [3.8, 4) is 0 Å². The number of aromatic nitrogens is 3. The van der Waals surface area contributed by atoms with E-state index in [0.717, 1.165) is 25.7 Å². The Labute approximate surface area is 246 Å². The third-order valence-electron chi connectivity index (χ3n) is 8.04. The van der Waals surface area contributed by atoms with Crippen LogP contribution < -0.4 is 26.8 Å². The molecule has 224 valence electrons. The minimum atomic E-state index is -1.30. The number of pyridine rings is 3. The lowest BCUT2D eigenvalue weighted by molar-refractivity contribution is -0.138. The van der Waals surface area contributed by atoms with Crippen LogP contribution in [0.25, 0.3) is 10.8 Å². The fourth-order valence-electron chi connectivity index (χ4n) is 5.91. The van der Waals surface area contributed by atoms with Crippen molar-refractivity contribution in [2.75, 3.05) is 11.9 Å². The molecule has 6 rings (SSSR count). The van der Waals surface area contributed by atoms with Gasteiger partial charge < -0.3 is 25.8 Å². The van der Waals surface area contributed by atoms with Crippen molar-refractivity contribution in [2.45, 2.75) is 63.6 Å². The lowest BCUT2D eigenvalue weighted by Gasteiger charge is -2.39. The summed E-state index contributed by atoms with van der Waals surface area (Å²) >= 11 is 0. The van der Waals surface area contributed by atoms with Crippen molar-refractivity contribution in [3.05, 3.63) is 65.1 Å². The van der Waals surface area contributed by atoms with Crippen LogP contribution in [0, 0.1) is 5.92 Å². The number of amides is 4. The van der Waals surface area contributed by atoms with Gasteiger partial charge in [0.15, 0.2) is 0 Å². The molecule has 13 heteroatoms. The maximum atomic E-state index is 13.4. The Kier molecular flexibility index (Phi) is 8.60. The van der Waals surface area contributed by atoms with Gasteiger partial charge in [-0.05, 0) is 69.2 Å². The third kappa shape index (κ3) is 6.60. The number of Topliss-reactive ketones (excluding diaryl/α,β-unsaturated/α-hetero) is 1. The van der Waals surface area contributed by atoms with Crippen molar-refractivity contribution >= 4 is 45.9 Å². The van der Waals surface area contributed by atoms with Gasteiger partial charge in [0.1, 0.15) is 24.0 Å². The average Bonchev–Trinajstić information content (AvgIpc) is 3.57. The lowest BCUT2D eigenvalue weighted by Crippen LogP contribution is -2.53. The minimum Gasteiger partial charge on any atom is -0.350 e. The number of rotatable bonds is 12. The highest BCUT2D eigenvalue weighted by Crippen LogP contribution is 2.51. The van der Waals surface area contributed by atoms with E-state index in [-0.39, 0.29) is 48.8 Å². The van der Waals surface area contributed by atoms with E-state index in [2.05, 4.69) is 31.2 Å². The normalized spacial score (nSPS) is 19.1. The number of hydrogen-bond donors (Lipinski definition) is 4. The summed E-state index contributed by atoms with van der Waals surface area (Å²) in [5.74, 6) is -2.62. The summed E-state index contributed by atoms with van der Waals surface area (Å²) in [7, 11) is 0. The van der Waals surface area contributed by atoms with Crippen LogP contribution in [0.3, 0.4) is 0 Å². The fraction of sp³-hybridized carbons (Fsp3) is 0.400. The van der Waals surface area contributed by atoms with Crippen LogP contribution in [0.4, 0.5) is 5.69 Å². The molecular weight excluding hydrogens is 554 g/mol. The SMILES string of the molecule is CCNC(=O)C(=O)CCC(NC(=O)c1nccc2cnccc12)C(=O)Nc1cccn(CC(=O)NC23CCC(C2)C3)c1=O. The van der Waals surface area contributed by atoms with Gasteiger partial charge in [-0.25, -0.2) is 0 Å². The van der Waals surface area contributed by atoms with E-state index >= 15 is 0 Å². The van der Waals surface area contributed by atoms with Crippen molar-refractivity contribution in [1.29, 1.82) is 0 Å². The second-order valence-electron chi connectivity index (χ2n) is 11.1. The Morgan fingerprint density at radius 1 is 1.12 bits per heavy atom. The molecule has 0 aromatic carbocycles. The predicted molar refractivity (Wildman–Crippen MR) is 156 cm³/mol. The molecule has 13 nitrogen and oxygen atoms in total. The first-order valence-electron chi connectivity index (χ1n) is 14.3. The second-order valence-corrected chi connectivity index (χ2v) is 11.1. The second kappa shape index (κ2) is 12.5. The zero-order valence-electron chi connectivity index (χ0n) is 23.7. The molecule has 0 aliphatic heterocycles. The van der Waals surface area contributed by atoms with Gasteiger partial charge in [0.05, 0.1) is 0 Å². The molecule has 0 radical (unpaired) electrons. The van der Waals surface area contributed by atoms with Crippen LogP contribution >= 0.6 is 0 Å². The molecule has 3 heterocycles. The number of anilines is 1. The van der Waals surface area contributed by atoms with E-state index in [4.69, 9.17) is 0 Å². The summed E-state index contributed by atoms with van der Waals surface area (Å²) in [6.07, 6.45) is 9.38. The first-order chi connectivity index (χ1) is 20.7. The molecule has 4 N–H and O–H groups in total. The predicted octanol–water partition coefficient (Wildman–Crippen LogP) is 1.07. The fourth-order valence-corrected chi connectivity index (χ4v) is 5.91. The number of likely N-dealkylation sites (N-methyl/N-ethyl adjacent to an activating group) is 1. The van der Waals surface area contributed by atoms with Crippen molar-refractivity contribution < 1.29 is 24.0 Å². The van der Waals surface area contributed by atoms with Crippen molar-refractivity contribution in [2.24, 2.45) is 5.92 Å². The highest BCUT2D eigenvalue weighted by molar-refractivity contribution is 6.36. The molecule has 3 saturated carbocycles. The van der Waals surface area contributed by atoms with E-state index in [1.54, 1.807) is 25.3 Å². The van der Waals surface area contributed by atoms with Gasteiger partial charge >= 0.3 is 0 Å². The summed E-state index contributed by atoms with van der Waals surface area (Å²) in [6, 6.07) is 4.92. The molecule has 0 spiro atoms. The molecule has 0 saturated heterocycles. The minimum absolute atomic E-state index is 0.0420. The molecule has 3 aliphatic carbocycles. The number of nitrogens with one attached hydrogen (secondary N) is 4. The lowest BCUT2D eigenvalue weighted by atomic mass is 9.77. The number of ketones is 1. The molecule has 1 atom stereocenters. The monoisotopic (exact) mass is 587 g/mol. The van der Waals surface area contributed by atoms with E-state index in [9.17, 15) is 28.8 Å². The summed E-state index contributed by atoms with van der Waals surface area (Å²) in [4.78, 5) is 85.1. The van der Waals surface area contributed by atoms with Crippen LogP contribution in [0.15, 0.2) is 53.8 Å². The smallest absolute Gasteiger partial charge is 0.287 e. The Balaban J connectivity index is 1.31. The molecule has 4 amide bonds. The maximum Gasteiger partial charge on any atom is 0.287 e. The summed E-state index contributed by atoms with van der Waals surface area (Å²) in [6.45, 7) is 1.71. The molecule has 3 aromatic heterocycles. The molecule has 3 aromatic rings. The van der Waals surface area contributed by atoms with E-state index in [1.165, 1.54) is 35.3 Å². The highest BCUT2D eigenvalue weighted by atomic mass is 16.2. The molecule has 3 fully saturated rings. The summed E-state index contributed by atoms with van der Waals surface area (Å²) in [5, 5.41) is 11.8. The van der Waals surface area contributed by atoms with E-state index in [0.29, 0.717) is 16.7 Å². The van der Waals surface area contributed by atoms with Crippen LogP contribution in [-0.4, -0.2) is 62.1 Å². The first kappa shape index (κ1) is 29.5. The van der Waals surface area contributed by atoms with Crippen molar-refractivity contribution in [3.63, 3.8) is 0 Å². The summed E-state index contributed by atoms with van der Waals surface area (Å²) < 4.78 is 1.20. The van der Waals surface area contributed by atoms with E-state index in [1.807, 2.05) is 0 Å². The van der Waals surface area contributed by atoms with Gasteiger partial charge in [0.25, 0.3) is 17.4 Å². The third-order valence-corrected chi connectivity index (χ3v) is 8.04. The van der Waals surface area contributed by atoms with Crippen LogP contribution in [0.1, 0.15) is 55.9 Å². The number of carbonyl (C=O) groups is 5. The van der Waals surface area contributed by atoms with E-state index < -0.39 is 35.1 Å². The molecule has 2 bridgehead atoms. The van der Waals surface area contributed by atoms with Gasteiger partial charge in [-0.1, -0.05) is 0 Å². The average molecular weight is 588 g/mol. The number of fused-ring (bicyclic) bond motifs is 2. The number of nitrogens with zero attached hydrogens (tertiary/aromatic N) is 3. The zero-order chi connectivity index (χ0) is 30.6. The Morgan fingerprint density at radius 3 is 2.67 bits per heavy atom. The molecule has 3 aliphatic rings. The Hall–Kier alpha value is -4.94. The number of hydrogen-bond acceptors (Lipinski definition) is 8.